The summed E-state index contributed by atoms with van der Waals surface area (Å²) in [6.07, 6.45) is 0.442. The second-order valence-electron chi connectivity index (χ2n) is 3.48. The second-order valence-corrected chi connectivity index (χ2v) is 3.48. The van der Waals surface area contributed by atoms with Crippen LogP contribution in [0.15, 0.2) is 24.3 Å². The Labute approximate surface area is 90.2 Å². The summed E-state index contributed by atoms with van der Waals surface area (Å²) in [7, 11) is 0. The smallest absolute Gasteiger partial charge is 0.162 e. The number of Topliss-reactive ketones (excluding diaryl/α,β-unsaturated/α-hetero) is 1. The van der Waals surface area contributed by atoms with Gasteiger partial charge >= 0.3 is 0 Å². The normalized spacial score (nSPS) is 10.3. The number of nitrogens with two attached hydrogens (primary N) is 1. The molecule has 3 nitrogen and oxygen atoms in total. The van der Waals surface area contributed by atoms with Crippen molar-refractivity contribution in [3.05, 3.63) is 35.4 Å². The zero-order valence-corrected chi connectivity index (χ0v) is 9.03. The van der Waals surface area contributed by atoms with Crippen molar-refractivity contribution in [2.45, 2.75) is 13.3 Å². The Kier molecular flexibility index (Phi) is 5.01. The zero-order chi connectivity index (χ0) is 11.1. The Morgan fingerprint density at radius 2 is 2.13 bits per heavy atom. The van der Waals surface area contributed by atoms with Crippen molar-refractivity contribution in [1.82, 2.24) is 0 Å². The predicted molar refractivity (Wildman–Crippen MR) is 59.8 cm³/mol. The minimum atomic E-state index is 0.0951. The summed E-state index contributed by atoms with van der Waals surface area (Å²) in [5, 5.41) is 0. The molecule has 2 N–H and O–H groups in total. The molecule has 3 heteroatoms. The van der Waals surface area contributed by atoms with Gasteiger partial charge in [0.25, 0.3) is 0 Å². The van der Waals surface area contributed by atoms with Crippen molar-refractivity contribution in [2.24, 2.45) is 5.73 Å². The number of ether oxygens (including phenoxy) is 1. The lowest BCUT2D eigenvalue weighted by molar-refractivity contribution is -0.122. The van der Waals surface area contributed by atoms with Gasteiger partial charge in [-0.1, -0.05) is 24.3 Å². The maximum absolute atomic E-state index is 11.5. The van der Waals surface area contributed by atoms with Gasteiger partial charge in [0.05, 0.1) is 6.61 Å². The van der Waals surface area contributed by atoms with E-state index in [1.54, 1.807) is 0 Å². The largest absolute Gasteiger partial charge is 0.372 e. The Balaban J connectivity index is 2.41. The van der Waals surface area contributed by atoms with E-state index in [-0.39, 0.29) is 12.4 Å². The Hall–Kier alpha value is -1.19. The first-order valence-electron chi connectivity index (χ1n) is 5.08. The van der Waals surface area contributed by atoms with Gasteiger partial charge in [-0.15, -0.1) is 0 Å². The first-order valence-corrected chi connectivity index (χ1v) is 5.08. The van der Waals surface area contributed by atoms with Crippen LogP contribution in [0.2, 0.25) is 0 Å². The van der Waals surface area contributed by atoms with Crippen LogP contribution in [0.1, 0.15) is 11.1 Å². The highest BCUT2D eigenvalue weighted by Gasteiger charge is 2.05. The molecule has 0 unspecified atom stereocenters. The monoisotopic (exact) mass is 207 g/mol. The lowest BCUT2D eigenvalue weighted by Gasteiger charge is -2.05. The lowest BCUT2D eigenvalue weighted by atomic mass is 10.0. The van der Waals surface area contributed by atoms with Gasteiger partial charge in [-0.25, -0.2) is 0 Å². The molecule has 0 aliphatic rings. The van der Waals surface area contributed by atoms with Crippen molar-refractivity contribution in [2.75, 3.05) is 19.8 Å². The summed E-state index contributed by atoms with van der Waals surface area (Å²) >= 11 is 0. The average Bonchev–Trinajstić information content (AvgIpc) is 2.22. The van der Waals surface area contributed by atoms with Gasteiger partial charge in [0.1, 0.15) is 6.61 Å². The molecule has 0 fully saturated rings. The number of aryl methyl sites for hydroxylation is 1. The van der Waals surface area contributed by atoms with E-state index < -0.39 is 0 Å². The SMILES string of the molecule is Cc1ccccc1CC(=O)COCCN. The molecule has 0 aliphatic heterocycles. The molecule has 0 saturated heterocycles. The van der Waals surface area contributed by atoms with Crippen LogP contribution in [0.25, 0.3) is 0 Å². The van der Waals surface area contributed by atoms with Gasteiger partial charge in [-0.2, -0.15) is 0 Å². The van der Waals surface area contributed by atoms with E-state index in [9.17, 15) is 4.79 Å². The minimum Gasteiger partial charge on any atom is -0.372 e. The van der Waals surface area contributed by atoms with Crippen LogP contribution in [0.5, 0.6) is 0 Å². The first kappa shape index (κ1) is 11.9. The summed E-state index contributed by atoms with van der Waals surface area (Å²) < 4.78 is 5.08. The molecule has 1 aromatic rings. The highest BCUT2D eigenvalue weighted by Crippen LogP contribution is 2.07. The quantitative estimate of drug-likeness (QED) is 0.710. The summed E-state index contributed by atoms with van der Waals surface area (Å²) in [5.74, 6) is 0.0951. The van der Waals surface area contributed by atoms with Crippen molar-refractivity contribution in [3.63, 3.8) is 0 Å². The third kappa shape index (κ3) is 4.23. The highest BCUT2D eigenvalue weighted by atomic mass is 16.5. The average molecular weight is 207 g/mol. The molecule has 0 atom stereocenters. The van der Waals surface area contributed by atoms with Crippen LogP contribution < -0.4 is 5.73 Å². The lowest BCUT2D eigenvalue weighted by Crippen LogP contribution is -2.16. The molecule has 0 aromatic heterocycles. The van der Waals surface area contributed by atoms with Gasteiger partial charge in [-0.05, 0) is 18.1 Å². The maximum Gasteiger partial charge on any atom is 0.162 e. The van der Waals surface area contributed by atoms with Crippen molar-refractivity contribution < 1.29 is 9.53 Å². The van der Waals surface area contributed by atoms with Crippen molar-refractivity contribution in [3.8, 4) is 0 Å². The zero-order valence-electron chi connectivity index (χ0n) is 9.03. The Morgan fingerprint density at radius 3 is 2.80 bits per heavy atom. The van der Waals surface area contributed by atoms with E-state index in [1.165, 1.54) is 0 Å². The van der Waals surface area contributed by atoms with E-state index >= 15 is 0 Å². The Morgan fingerprint density at radius 1 is 1.40 bits per heavy atom. The molecule has 15 heavy (non-hydrogen) atoms. The van der Waals surface area contributed by atoms with E-state index in [1.807, 2.05) is 31.2 Å². The van der Waals surface area contributed by atoms with Gasteiger partial charge in [0, 0.05) is 13.0 Å². The number of ketones is 1. The molecule has 0 radical (unpaired) electrons. The molecular formula is C12H17NO2. The summed E-state index contributed by atoms with van der Waals surface area (Å²) in [6, 6.07) is 7.88. The standard InChI is InChI=1S/C12H17NO2/c1-10-4-2-3-5-11(10)8-12(14)9-15-7-6-13/h2-5H,6-9,13H2,1H3. The van der Waals surface area contributed by atoms with Gasteiger partial charge in [-0.3, -0.25) is 4.79 Å². The van der Waals surface area contributed by atoms with Crippen molar-refractivity contribution >= 4 is 5.78 Å². The molecule has 0 bridgehead atoms. The predicted octanol–water partition coefficient (Wildman–Crippen LogP) is 1.08. The number of hydrogen-bond acceptors (Lipinski definition) is 3. The fourth-order valence-corrected chi connectivity index (χ4v) is 1.34. The van der Waals surface area contributed by atoms with Gasteiger partial charge < -0.3 is 10.5 Å². The van der Waals surface area contributed by atoms with Crippen molar-refractivity contribution in [1.29, 1.82) is 0 Å². The number of benzene rings is 1. The van der Waals surface area contributed by atoms with Crippen LogP contribution >= 0.6 is 0 Å². The molecule has 0 spiro atoms. The molecule has 1 aromatic carbocycles. The number of rotatable bonds is 6. The van der Waals surface area contributed by atoms with Crippen LogP contribution in [0.4, 0.5) is 0 Å². The number of carbonyl (C=O) groups excluding carboxylic acids is 1. The van der Waals surface area contributed by atoms with Crippen LogP contribution in [-0.4, -0.2) is 25.5 Å². The summed E-state index contributed by atoms with van der Waals surface area (Å²) in [6.45, 7) is 3.06. The van der Waals surface area contributed by atoms with E-state index in [4.69, 9.17) is 10.5 Å². The molecule has 0 amide bonds. The number of hydrogen-bond donors (Lipinski definition) is 1. The topological polar surface area (TPSA) is 52.3 Å². The van der Waals surface area contributed by atoms with Gasteiger partial charge in [0.2, 0.25) is 0 Å². The third-order valence-electron chi connectivity index (χ3n) is 2.17. The van der Waals surface area contributed by atoms with Crippen LogP contribution in [0, 0.1) is 6.92 Å². The second kappa shape index (κ2) is 6.32. The highest BCUT2D eigenvalue weighted by molar-refractivity contribution is 5.82. The number of carbonyl (C=O) groups is 1. The fourth-order valence-electron chi connectivity index (χ4n) is 1.34. The van der Waals surface area contributed by atoms with Gasteiger partial charge in [0.15, 0.2) is 5.78 Å². The molecule has 0 saturated carbocycles. The van der Waals surface area contributed by atoms with E-state index in [0.29, 0.717) is 19.6 Å². The third-order valence-corrected chi connectivity index (χ3v) is 2.17. The first-order chi connectivity index (χ1) is 7.24. The molecular weight excluding hydrogens is 190 g/mol. The molecule has 0 aliphatic carbocycles. The fraction of sp³-hybridized carbons (Fsp3) is 0.417. The van der Waals surface area contributed by atoms with Crippen LogP contribution in [-0.2, 0) is 16.0 Å². The summed E-state index contributed by atoms with van der Waals surface area (Å²) in [5.41, 5.74) is 7.47. The summed E-state index contributed by atoms with van der Waals surface area (Å²) in [4.78, 5) is 11.5. The Bertz CT molecular complexity index is 323. The minimum absolute atomic E-state index is 0.0951. The molecule has 0 heterocycles. The van der Waals surface area contributed by atoms with E-state index in [0.717, 1.165) is 11.1 Å². The van der Waals surface area contributed by atoms with E-state index in [2.05, 4.69) is 0 Å². The molecule has 1 rings (SSSR count). The maximum atomic E-state index is 11.5. The van der Waals surface area contributed by atoms with Crippen LogP contribution in [0.3, 0.4) is 0 Å². The molecule has 82 valence electrons.